The molecule has 1 atom stereocenters. The van der Waals surface area contributed by atoms with Crippen molar-refractivity contribution in [1.29, 1.82) is 0 Å². The Morgan fingerprint density at radius 1 is 1.11 bits per heavy atom. The molecular weight excluding hydrogens is 400 g/mol. The smallest absolute Gasteiger partial charge is 0.119 e. The van der Waals surface area contributed by atoms with Crippen LogP contribution in [-0.4, -0.2) is 37.7 Å². The summed E-state index contributed by atoms with van der Waals surface area (Å²) >= 11 is 3.70. The second-order valence-electron chi connectivity index (χ2n) is 7.94. The van der Waals surface area contributed by atoms with E-state index in [0.29, 0.717) is 6.04 Å². The molecule has 2 aromatic carbocycles. The van der Waals surface area contributed by atoms with Crippen molar-refractivity contribution >= 4 is 21.6 Å². The standard InChI is InChI=1S/C23H29BrN2O/c1-27-21-8-9-22(24)19(15-21)14-17-10-12-26(13-11-17)16-20-7-6-18-4-2-3-5-23(18)25-20/h2-5,8-9,15,17,20,25H,6-7,10-14,16H2,1H3. The van der Waals surface area contributed by atoms with Crippen LogP contribution < -0.4 is 10.1 Å². The van der Waals surface area contributed by atoms with Crippen LogP contribution in [-0.2, 0) is 12.8 Å². The molecule has 4 rings (SSSR count). The number of ether oxygens (including phenoxy) is 1. The lowest BCUT2D eigenvalue weighted by Crippen LogP contribution is -2.43. The Morgan fingerprint density at radius 2 is 1.93 bits per heavy atom. The van der Waals surface area contributed by atoms with Crippen molar-refractivity contribution in [2.24, 2.45) is 5.92 Å². The fraction of sp³-hybridized carbons (Fsp3) is 0.478. The van der Waals surface area contributed by atoms with E-state index in [9.17, 15) is 0 Å². The molecule has 3 nitrogen and oxygen atoms in total. The molecule has 1 fully saturated rings. The van der Waals surface area contributed by atoms with Gasteiger partial charge in [0.2, 0.25) is 0 Å². The van der Waals surface area contributed by atoms with Gasteiger partial charge in [-0.25, -0.2) is 0 Å². The normalized spacial score (nSPS) is 20.7. The van der Waals surface area contributed by atoms with Gasteiger partial charge in [-0.05, 0) is 86.5 Å². The SMILES string of the molecule is COc1ccc(Br)c(CC2CCN(CC3CCc4ccccc4N3)CC2)c1. The lowest BCUT2D eigenvalue weighted by atomic mass is 9.89. The zero-order valence-electron chi connectivity index (χ0n) is 16.1. The second kappa shape index (κ2) is 8.66. The van der Waals surface area contributed by atoms with Crippen molar-refractivity contribution in [1.82, 2.24) is 4.90 Å². The van der Waals surface area contributed by atoms with Crippen molar-refractivity contribution in [3.8, 4) is 5.75 Å². The Hall–Kier alpha value is -1.52. The van der Waals surface area contributed by atoms with Gasteiger partial charge in [-0.1, -0.05) is 34.1 Å². The summed E-state index contributed by atoms with van der Waals surface area (Å²) in [5, 5.41) is 3.75. The molecule has 4 heteroatoms. The number of para-hydroxylation sites is 1. The van der Waals surface area contributed by atoms with E-state index in [1.54, 1.807) is 7.11 Å². The molecule has 27 heavy (non-hydrogen) atoms. The van der Waals surface area contributed by atoms with Crippen LogP contribution in [0.4, 0.5) is 5.69 Å². The Bertz CT molecular complexity index is 771. The third-order valence-corrected chi connectivity index (χ3v) is 6.86. The highest BCUT2D eigenvalue weighted by Crippen LogP contribution is 2.30. The van der Waals surface area contributed by atoms with Crippen molar-refractivity contribution in [2.45, 2.75) is 38.1 Å². The van der Waals surface area contributed by atoms with Crippen LogP contribution in [0.5, 0.6) is 5.75 Å². The van der Waals surface area contributed by atoms with E-state index < -0.39 is 0 Å². The van der Waals surface area contributed by atoms with Crippen LogP contribution >= 0.6 is 15.9 Å². The number of nitrogens with zero attached hydrogens (tertiary/aromatic N) is 1. The largest absolute Gasteiger partial charge is 0.497 e. The van der Waals surface area contributed by atoms with E-state index in [4.69, 9.17) is 4.74 Å². The summed E-state index contributed by atoms with van der Waals surface area (Å²) < 4.78 is 6.59. The minimum Gasteiger partial charge on any atom is -0.497 e. The first kappa shape index (κ1) is 18.8. The number of fused-ring (bicyclic) bond motifs is 1. The molecule has 2 heterocycles. The molecule has 0 saturated carbocycles. The highest BCUT2D eigenvalue weighted by molar-refractivity contribution is 9.10. The lowest BCUT2D eigenvalue weighted by molar-refractivity contribution is 0.175. The number of anilines is 1. The molecule has 144 valence electrons. The molecule has 0 aromatic heterocycles. The topological polar surface area (TPSA) is 24.5 Å². The molecule has 1 unspecified atom stereocenters. The maximum absolute atomic E-state index is 5.39. The summed E-state index contributed by atoms with van der Waals surface area (Å²) in [6.07, 6.45) is 6.16. The summed E-state index contributed by atoms with van der Waals surface area (Å²) in [4.78, 5) is 2.66. The van der Waals surface area contributed by atoms with E-state index in [-0.39, 0.29) is 0 Å². The number of nitrogens with one attached hydrogen (secondary N) is 1. The zero-order chi connectivity index (χ0) is 18.6. The summed E-state index contributed by atoms with van der Waals surface area (Å²) in [6.45, 7) is 3.60. The van der Waals surface area contributed by atoms with Crippen molar-refractivity contribution in [2.75, 3.05) is 32.1 Å². The molecule has 1 saturated heterocycles. The second-order valence-corrected chi connectivity index (χ2v) is 8.80. The van der Waals surface area contributed by atoms with Crippen LogP contribution in [0.1, 0.15) is 30.4 Å². The molecule has 0 aliphatic carbocycles. The Balaban J connectivity index is 1.27. The van der Waals surface area contributed by atoms with Gasteiger partial charge in [0.25, 0.3) is 0 Å². The minimum absolute atomic E-state index is 0.587. The third kappa shape index (κ3) is 4.67. The van der Waals surface area contributed by atoms with Gasteiger partial charge >= 0.3 is 0 Å². The van der Waals surface area contributed by atoms with E-state index in [0.717, 1.165) is 18.1 Å². The first-order valence-electron chi connectivity index (χ1n) is 10.1. The number of piperidine rings is 1. The molecular formula is C23H29BrN2O. The van der Waals surface area contributed by atoms with Gasteiger partial charge in [-0.15, -0.1) is 0 Å². The van der Waals surface area contributed by atoms with Gasteiger partial charge in [0, 0.05) is 22.7 Å². The van der Waals surface area contributed by atoms with Gasteiger partial charge in [-0.2, -0.15) is 0 Å². The van der Waals surface area contributed by atoms with Gasteiger partial charge < -0.3 is 15.0 Å². The van der Waals surface area contributed by atoms with Crippen LogP contribution in [0.15, 0.2) is 46.9 Å². The summed E-state index contributed by atoms with van der Waals surface area (Å²) in [5.41, 5.74) is 4.18. The average molecular weight is 429 g/mol. The predicted octanol–water partition coefficient (Wildman–Crippen LogP) is 5.14. The highest BCUT2D eigenvalue weighted by atomic mass is 79.9. The molecule has 2 aliphatic heterocycles. The summed E-state index contributed by atoms with van der Waals surface area (Å²) in [7, 11) is 1.74. The summed E-state index contributed by atoms with van der Waals surface area (Å²) in [5.74, 6) is 1.72. The lowest BCUT2D eigenvalue weighted by Gasteiger charge is -2.36. The maximum Gasteiger partial charge on any atom is 0.119 e. The summed E-state index contributed by atoms with van der Waals surface area (Å²) in [6, 6.07) is 15.6. The molecule has 0 radical (unpaired) electrons. The average Bonchev–Trinajstić information content (AvgIpc) is 2.71. The third-order valence-electron chi connectivity index (χ3n) is 6.09. The van der Waals surface area contributed by atoms with Crippen LogP contribution in [0.25, 0.3) is 0 Å². The first-order valence-corrected chi connectivity index (χ1v) is 10.9. The Kier molecular flexibility index (Phi) is 6.04. The van der Waals surface area contributed by atoms with E-state index in [1.807, 2.05) is 6.07 Å². The first-order chi connectivity index (χ1) is 13.2. The number of hydrogen-bond acceptors (Lipinski definition) is 3. The number of methoxy groups -OCH3 is 1. The molecule has 0 spiro atoms. The zero-order valence-corrected chi connectivity index (χ0v) is 17.7. The van der Waals surface area contributed by atoms with E-state index >= 15 is 0 Å². The Morgan fingerprint density at radius 3 is 2.74 bits per heavy atom. The minimum atomic E-state index is 0.587. The fourth-order valence-electron chi connectivity index (χ4n) is 4.47. The fourth-order valence-corrected chi connectivity index (χ4v) is 4.88. The number of likely N-dealkylation sites (tertiary alicyclic amines) is 1. The number of hydrogen-bond donors (Lipinski definition) is 1. The maximum atomic E-state index is 5.39. The van der Waals surface area contributed by atoms with Crippen molar-refractivity contribution in [3.63, 3.8) is 0 Å². The quantitative estimate of drug-likeness (QED) is 0.713. The number of aryl methyl sites for hydroxylation is 1. The molecule has 2 aliphatic rings. The molecule has 0 bridgehead atoms. The molecule has 1 N–H and O–H groups in total. The number of rotatable bonds is 5. The van der Waals surface area contributed by atoms with E-state index in [2.05, 4.69) is 62.5 Å². The predicted molar refractivity (Wildman–Crippen MR) is 116 cm³/mol. The van der Waals surface area contributed by atoms with Crippen LogP contribution in [0.2, 0.25) is 0 Å². The van der Waals surface area contributed by atoms with Gasteiger partial charge in [-0.3, -0.25) is 0 Å². The monoisotopic (exact) mass is 428 g/mol. The Labute approximate surface area is 171 Å². The van der Waals surface area contributed by atoms with Gasteiger partial charge in [0.05, 0.1) is 7.11 Å². The van der Waals surface area contributed by atoms with Crippen LogP contribution in [0.3, 0.4) is 0 Å². The van der Waals surface area contributed by atoms with Crippen LogP contribution in [0, 0.1) is 5.92 Å². The molecule has 2 aromatic rings. The van der Waals surface area contributed by atoms with Gasteiger partial charge in [0.15, 0.2) is 0 Å². The van der Waals surface area contributed by atoms with E-state index in [1.165, 1.54) is 66.6 Å². The molecule has 0 amide bonds. The highest BCUT2D eigenvalue weighted by Gasteiger charge is 2.24. The van der Waals surface area contributed by atoms with Crippen molar-refractivity contribution < 1.29 is 4.74 Å². The van der Waals surface area contributed by atoms with Crippen molar-refractivity contribution in [3.05, 3.63) is 58.1 Å². The number of benzene rings is 2. The number of halogens is 1. The van der Waals surface area contributed by atoms with Gasteiger partial charge in [0.1, 0.15) is 5.75 Å².